The average Bonchev–Trinajstić information content (AvgIpc) is 3.38. The number of hydrogen-bond acceptors (Lipinski definition) is 8. The summed E-state index contributed by atoms with van der Waals surface area (Å²) in [7, 11) is 1.88. The third-order valence-corrected chi connectivity index (χ3v) is 9.36. The van der Waals surface area contributed by atoms with Gasteiger partial charge in [-0.2, -0.15) is 18.4 Å². The molecule has 0 saturated carbocycles. The Morgan fingerprint density at radius 3 is 2.53 bits per heavy atom. The number of nitrogens with zero attached hydrogens (tertiary/aromatic N) is 6. The third-order valence-electron chi connectivity index (χ3n) is 7.83. The van der Waals surface area contributed by atoms with Gasteiger partial charge < -0.3 is 14.5 Å². The monoisotopic (exact) mass is 672 g/mol. The molecule has 1 fully saturated rings. The highest BCUT2D eigenvalue weighted by molar-refractivity contribution is 7.23. The lowest BCUT2D eigenvalue weighted by Gasteiger charge is -2.36. The summed E-state index contributed by atoms with van der Waals surface area (Å²) in [6.45, 7) is 3.20. The Labute approximate surface area is 269 Å². The molecule has 0 amide bonds. The third kappa shape index (κ3) is 5.93. The molecule has 0 unspecified atom stereocenters. The number of rotatable bonds is 6. The van der Waals surface area contributed by atoms with Crippen molar-refractivity contribution in [1.29, 1.82) is 5.26 Å². The van der Waals surface area contributed by atoms with Crippen LogP contribution in [0.1, 0.15) is 17.0 Å². The predicted octanol–water partition coefficient (Wildman–Crippen LogP) is 7.01. The van der Waals surface area contributed by atoms with E-state index in [0.29, 0.717) is 33.8 Å². The van der Waals surface area contributed by atoms with Crippen LogP contribution in [0.4, 0.5) is 18.9 Å². The molecule has 5 aromatic rings. The van der Waals surface area contributed by atoms with Crippen LogP contribution in [-0.2, 0) is 12.7 Å². The molecule has 232 valence electrons. The van der Waals surface area contributed by atoms with Crippen LogP contribution in [0.25, 0.3) is 32.2 Å². The minimum atomic E-state index is -4.75. The number of hydrogen-bond donors (Lipinski definition) is 0. The predicted molar refractivity (Wildman–Crippen MR) is 171 cm³/mol. The molecule has 6 rings (SSSR count). The van der Waals surface area contributed by atoms with Crippen LogP contribution in [0.3, 0.4) is 0 Å². The molecule has 0 aliphatic carbocycles. The number of piperazine rings is 1. The second-order valence-electron chi connectivity index (χ2n) is 10.7. The van der Waals surface area contributed by atoms with Crippen LogP contribution in [0, 0.1) is 18.3 Å². The summed E-state index contributed by atoms with van der Waals surface area (Å²) in [6, 6.07) is 11.6. The Morgan fingerprint density at radius 1 is 1.07 bits per heavy atom. The first-order valence-corrected chi connectivity index (χ1v) is 15.5. The van der Waals surface area contributed by atoms with Gasteiger partial charge in [-0.15, -0.1) is 11.3 Å². The van der Waals surface area contributed by atoms with E-state index in [1.807, 2.05) is 24.1 Å². The molecule has 45 heavy (non-hydrogen) atoms. The van der Waals surface area contributed by atoms with E-state index < -0.39 is 17.3 Å². The van der Waals surface area contributed by atoms with Gasteiger partial charge in [-0.25, -0.2) is 4.98 Å². The first-order chi connectivity index (χ1) is 21.5. The molecule has 3 aromatic heterocycles. The normalized spacial score (nSPS) is 14.3. The summed E-state index contributed by atoms with van der Waals surface area (Å²) in [5, 5.41) is 10.5. The number of anilines is 1. The molecule has 1 aliphatic heterocycles. The van der Waals surface area contributed by atoms with Crippen molar-refractivity contribution < 1.29 is 17.9 Å². The summed E-state index contributed by atoms with van der Waals surface area (Å²) in [5.74, 6) is 0.696. The maximum Gasteiger partial charge on any atom is 0.418 e. The Bertz CT molecular complexity index is 2050. The van der Waals surface area contributed by atoms with E-state index in [4.69, 9.17) is 27.9 Å². The highest BCUT2D eigenvalue weighted by Crippen LogP contribution is 2.42. The van der Waals surface area contributed by atoms with Crippen molar-refractivity contribution in [3.8, 4) is 22.9 Å². The lowest BCUT2D eigenvalue weighted by molar-refractivity contribution is -0.137. The molecule has 0 N–H and O–H groups in total. The second kappa shape index (κ2) is 12.1. The number of nitriles is 1. The zero-order valence-corrected chi connectivity index (χ0v) is 26.4. The number of thiophene rings is 1. The number of alkyl halides is 3. The number of halogens is 5. The number of ether oxygens (including phenoxy) is 1. The van der Waals surface area contributed by atoms with Crippen molar-refractivity contribution in [3.05, 3.63) is 79.3 Å². The van der Waals surface area contributed by atoms with Gasteiger partial charge in [0.25, 0.3) is 5.56 Å². The fourth-order valence-electron chi connectivity index (χ4n) is 5.63. The van der Waals surface area contributed by atoms with Gasteiger partial charge in [-0.3, -0.25) is 14.3 Å². The molecule has 0 radical (unpaired) electrons. The van der Waals surface area contributed by atoms with Crippen LogP contribution >= 0.6 is 34.5 Å². The van der Waals surface area contributed by atoms with Crippen molar-refractivity contribution in [3.63, 3.8) is 0 Å². The molecule has 14 heteroatoms. The fourth-order valence-corrected chi connectivity index (χ4v) is 7.01. The number of likely N-dealkylation sites (N-methyl/N-ethyl adjacent to an activating group) is 1. The molecule has 0 spiro atoms. The lowest BCUT2D eigenvalue weighted by Crippen LogP contribution is -2.45. The maximum atomic E-state index is 14.3. The average molecular weight is 674 g/mol. The molecular formula is C31H25Cl2F3N6O2S. The van der Waals surface area contributed by atoms with E-state index in [1.54, 1.807) is 30.5 Å². The standard InChI is InChI=1S/C31H25Cl2F3N6O2S/c1-17-39-23-14-22(31(34,35)36)28(41-9-7-40(2)8-10-41)21(16-37)27(23)30(43)42(17)11-12-44-25-4-3-18(32)13-20(25)19-5-6-38-24-15-26(33)45-29(19)24/h3-6,13-15H,7-12H2,1-2H3. The highest BCUT2D eigenvalue weighted by atomic mass is 35.5. The highest BCUT2D eigenvalue weighted by Gasteiger charge is 2.38. The van der Waals surface area contributed by atoms with Crippen molar-refractivity contribution in [2.45, 2.75) is 19.6 Å². The van der Waals surface area contributed by atoms with E-state index in [9.17, 15) is 23.2 Å². The number of fused-ring (bicyclic) bond motifs is 2. The van der Waals surface area contributed by atoms with Crippen molar-refractivity contribution in [2.24, 2.45) is 0 Å². The Morgan fingerprint density at radius 2 is 1.82 bits per heavy atom. The second-order valence-corrected chi connectivity index (χ2v) is 12.8. The van der Waals surface area contributed by atoms with E-state index in [0.717, 1.165) is 21.8 Å². The van der Waals surface area contributed by atoms with Crippen LogP contribution in [0.15, 0.2) is 47.4 Å². The summed E-state index contributed by atoms with van der Waals surface area (Å²) < 4.78 is 51.8. The first-order valence-electron chi connectivity index (χ1n) is 13.9. The summed E-state index contributed by atoms with van der Waals surface area (Å²) in [4.78, 5) is 26.1. The number of aromatic nitrogens is 3. The van der Waals surface area contributed by atoms with Crippen LogP contribution in [0.5, 0.6) is 5.75 Å². The first kappa shape index (κ1) is 31.1. The van der Waals surface area contributed by atoms with Gasteiger partial charge >= 0.3 is 6.18 Å². The summed E-state index contributed by atoms with van der Waals surface area (Å²) in [6.07, 6.45) is -3.08. The summed E-state index contributed by atoms with van der Waals surface area (Å²) in [5.41, 5.74) is -0.100. The van der Waals surface area contributed by atoms with Gasteiger partial charge in [0.15, 0.2) is 0 Å². The molecular weight excluding hydrogens is 648 g/mol. The minimum absolute atomic E-state index is 0.0236. The van der Waals surface area contributed by atoms with E-state index >= 15 is 0 Å². The quantitative estimate of drug-likeness (QED) is 0.192. The largest absolute Gasteiger partial charge is 0.491 e. The van der Waals surface area contributed by atoms with E-state index in [1.165, 1.54) is 27.7 Å². The van der Waals surface area contributed by atoms with Crippen molar-refractivity contribution in [2.75, 3.05) is 44.7 Å². The SMILES string of the molecule is Cc1nc2cc(C(F)(F)F)c(N3CCN(C)CC3)c(C#N)c2c(=O)n1CCOc1ccc(Cl)cc1-c1ccnc2cc(Cl)sc12. The molecule has 2 aromatic carbocycles. The zero-order chi connectivity index (χ0) is 32.0. The zero-order valence-electron chi connectivity index (χ0n) is 24.1. The van der Waals surface area contributed by atoms with Crippen LogP contribution in [-0.4, -0.2) is 59.3 Å². The van der Waals surface area contributed by atoms with Crippen LogP contribution < -0.4 is 15.2 Å². The van der Waals surface area contributed by atoms with Gasteiger partial charge in [0.1, 0.15) is 24.3 Å². The molecule has 0 bridgehead atoms. The number of benzene rings is 2. The summed E-state index contributed by atoms with van der Waals surface area (Å²) >= 11 is 14.0. The molecule has 1 saturated heterocycles. The van der Waals surface area contributed by atoms with E-state index in [-0.39, 0.29) is 54.2 Å². The van der Waals surface area contributed by atoms with Crippen LogP contribution in [0.2, 0.25) is 9.36 Å². The van der Waals surface area contributed by atoms with Gasteiger partial charge in [-0.05, 0) is 50.4 Å². The van der Waals surface area contributed by atoms with E-state index in [2.05, 4.69) is 9.97 Å². The molecule has 0 atom stereocenters. The minimum Gasteiger partial charge on any atom is -0.491 e. The Kier molecular flexibility index (Phi) is 8.39. The molecule has 8 nitrogen and oxygen atoms in total. The topological polar surface area (TPSA) is 87.3 Å². The van der Waals surface area contributed by atoms with Gasteiger partial charge in [-0.1, -0.05) is 23.2 Å². The van der Waals surface area contributed by atoms with Gasteiger partial charge in [0.2, 0.25) is 0 Å². The fraction of sp³-hybridized carbons (Fsp3) is 0.290. The number of pyridine rings is 1. The lowest BCUT2D eigenvalue weighted by atomic mass is 10.00. The maximum absolute atomic E-state index is 14.3. The van der Waals surface area contributed by atoms with Crippen molar-refractivity contribution >= 4 is 61.3 Å². The van der Waals surface area contributed by atoms with Crippen molar-refractivity contribution in [1.82, 2.24) is 19.4 Å². The number of aryl methyl sites for hydroxylation is 1. The van der Waals surface area contributed by atoms with Gasteiger partial charge in [0.05, 0.1) is 48.8 Å². The smallest absolute Gasteiger partial charge is 0.418 e. The molecule has 4 heterocycles. The van der Waals surface area contributed by atoms with Gasteiger partial charge in [0, 0.05) is 48.5 Å². The molecule has 1 aliphatic rings. The Hall–Kier alpha value is -3.89. The Balaban J connectivity index is 1.38.